The van der Waals surface area contributed by atoms with Crippen LogP contribution in [0.1, 0.15) is 56.2 Å². The van der Waals surface area contributed by atoms with Crippen molar-refractivity contribution in [2.45, 2.75) is 61.5 Å². The lowest BCUT2D eigenvalue weighted by molar-refractivity contribution is 0.0516. The van der Waals surface area contributed by atoms with Crippen molar-refractivity contribution in [2.75, 3.05) is 20.3 Å². The average Bonchev–Trinajstić information content (AvgIpc) is 3.02. The molecule has 21 heavy (non-hydrogen) atoms. The van der Waals surface area contributed by atoms with E-state index in [1.165, 1.54) is 32.1 Å². The minimum atomic E-state index is 0.185. The first-order chi connectivity index (χ1) is 10.4. The quantitative estimate of drug-likeness (QED) is 0.902. The molecule has 0 radical (unpaired) electrons. The summed E-state index contributed by atoms with van der Waals surface area (Å²) in [7, 11) is 1.99. The maximum absolute atomic E-state index is 5.56. The summed E-state index contributed by atoms with van der Waals surface area (Å²) in [4.78, 5) is 4.60. The zero-order valence-corrected chi connectivity index (χ0v) is 13.5. The van der Waals surface area contributed by atoms with Crippen molar-refractivity contribution in [1.82, 2.24) is 15.5 Å². The fourth-order valence-corrected chi connectivity index (χ4v) is 4.40. The number of hydrogen-bond acceptors (Lipinski definition) is 6. The summed E-state index contributed by atoms with van der Waals surface area (Å²) in [6.45, 7) is 1.48. The van der Waals surface area contributed by atoms with E-state index in [0.717, 1.165) is 35.7 Å². The van der Waals surface area contributed by atoms with Gasteiger partial charge in [0.15, 0.2) is 5.82 Å². The van der Waals surface area contributed by atoms with Crippen LogP contribution in [-0.2, 0) is 10.5 Å². The Morgan fingerprint density at radius 2 is 2.10 bits per heavy atom. The fourth-order valence-electron chi connectivity index (χ4n) is 3.23. The standard InChI is InChI=1S/C15H25N3O2S/c1-16-13-7-8-19-9-12(13)15-17-14(18-20-15)10-21-11-5-3-2-4-6-11/h11-13,16H,2-10H2,1H3. The molecule has 118 valence electrons. The van der Waals surface area contributed by atoms with Crippen LogP contribution < -0.4 is 5.32 Å². The summed E-state index contributed by atoms with van der Waals surface area (Å²) in [6.07, 6.45) is 7.82. The molecule has 1 N–H and O–H groups in total. The van der Waals surface area contributed by atoms with Crippen molar-refractivity contribution in [3.8, 4) is 0 Å². The predicted octanol–water partition coefficient (Wildman–Crippen LogP) is 2.73. The number of nitrogens with zero attached hydrogens (tertiary/aromatic N) is 2. The lowest BCUT2D eigenvalue weighted by Crippen LogP contribution is -2.39. The van der Waals surface area contributed by atoms with Gasteiger partial charge in [0.25, 0.3) is 0 Å². The summed E-state index contributed by atoms with van der Waals surface area (Å²) in [6, 6.07) is 0.373. The summed E-state index contributed by atoms with van der Waals surface area (Å²) in [5.74, 6) is 2.62. The summed E-state index contributed by atoms with van der Waals surface area (Å²) < 4.78 is 11.0. The molecule has 1 saturated carbocycles. The predicted molar refractivity (Wildman–Crippen MR) is 83.5 cm³/mol. The second-order valence-electron chi connectivity index (χ2n) is 5.99. The molecule has 1 aromatic heterocycles. The van der Waals surface area contributed by atoms with Crippen LogP contribution in [0.2, 0.25) is 0 Å². The molecule has 1 saturated heterocycles. The van der Waals surface area contributed by atoms with Crippen molar-refractivity contribution in [2.24, 2.45) is 0 Å². The highest BCUT2D eigenvalue weighted by molar-refractivity contribution is 7.99. The maximum atomic E-state index is 5.56. The van der Waals surface area contributed by atoms with Gasteiger partial charge >= 0.3 is 0 Å². The number of hydrogen-bond donors (Lipinski definition) is 1. The van der Waals surface area contributed by atoms with Crippen LogP contribution in [0.5, 0.6) is 0 Å². The van der Waals surface area contributed by atoms with Crippen molar-refractivity contribution in [3.05, 3.63) is 11.7 Å². The normalized spacial score (nSPS) is 27.9. The molecule has 0 amide bonds. The topological polar surface area (TPSA) is 60.2 Å². The second-order valence-corrected chi connectivity index (χ2v) is 7.27. The smallest absolute Gasteiger partial charge is 0.233 e. The molecular formula is C15H25N3O2S. The van der Waals surface area contributed by atoms with E-state index in [0.29, 0.717) is 12.6 Å². The van der Waals surface area contributed by atoms with Crippen LogP contribution in [-0.4, -0.2) is 41.7 Å². The Kier molecular flexibility index (Phi) is 5.55. The highest BCUT2D eigenvalue weighted by Gasteiger charge is 2.30. The van der Waals surface area contributed by atoms with E-state index in [1.807, 2.05) is 18.8 Å². The van der Waals surface area contributed by atoms with E-state index in [9.17, 15) is 0 Å². The number of thioether (sulfide) groups is 1. The first-order valence-electron chi connectivity index (χ1n) is 8.06. The van der Waals surface area contributed by atoms with Crippen molar-refractivity contribution < 1.29 is 9.26 Å². The average molecular weight is 311 g/mol. The van der Waals surface area contributed by atoms with Crippen LogP contribution in [0.3, 0.4) is 0 Å². The molecule has 2 unspecified atom stereocenters. The van der Waals surface area contributed by atoms with Crippen LogP contribution >= 0.6 is 11.8 Å². The van der Waals surface area contributed by atoms with E-state index < -0.39 is 0 Å². The Balaban J connectivity index is 1.55. The van der Waals surface area contributed by atoms with Crippen molar-refractivity contribution in [1.29, 1.82) is 0 Å². The lowest BCUT2D eigenvalue weighted by atomic mass is 9.96. The first-order valence-corrected chi connectivity index (χ1v) is 9.11. The minimum Gasteiger partial charge on any atom is -0.381 e. The molecule has 1 aliphatic heterocycles. The van der Waals surface area contributed by atoms with Crippen LogP contribution in [0.25, 0.3) is 0 Å². The van der Waals surface area contributed by atoms with Gasteiger partial charge < -0.3 is 14.6 Å². The Hall–Kier alpha value is -0.590. The van der Waals surface area contributed by atoms with E-state index in [1.54, 1.807) is 0 Å². The Morgan fingerprint density at radius 1 is 1.24 bits per heavy atom. The second kappa shape index (κ2) is 7.61. The third-order valence-electron chi connectivity index (χ3n) is 4.53. The Morgan fingerprint density at radius 3 is 2.90 bits per heavy atom. The van der Waals surface area contributed by atoms with Gasteiger partial charge in [-0.1, -0.05) is 24.4 Å². The Labute approximate surface area is 130 Å². The SMILES string of the molecule is CNC1CCOCC1c1nc(CSC2CCCCC2)no1. The van der Waals surface area contributed by atoms with Gasteiger partial charge in [-0.25, -0.2) is 0 Å². The highest BCUT2D eigenvalue weighted by atomic mass is 32.2. The third kappa shape index (κ3) is 3.99. The van der Waals surface area contributed by atoms with Crippen LogP contribution in [0, 0.1) is 0 Å². The molecule has 3 rings (SSSR count). The molecule has 2 atom stereocenters. The van der Waals surface area contributed by atoms with Gasteiger partial charge in [0.2, 0.25) is 5.89 Å². The van der Waals surface area contributed by atoms with Gasteiger partial charge in [-0.2, -0.15) is 16.7 Å². The van der Waals surface area contributed by atoms with Crippen LogP contribution in [0.4, 0.5) is 0 Å². The molecule has 0 aromatic carbocycles. The van der Waals surface area contributed by atoms with Gasteiger partial charge in [0.1, 0.15) is 0 Å². The number of nitrogens with one attached hydrogen (secondary N) is 1. The molecule has 6 heteroatoms. The molecule has 1 aromatic rings. The minimum absolute atomic E-state index is 0.185. The van der Waals surface area contributed by atoms with Crippen LogP contribution in [0.15, 0.2) is 4.52 Å². The Bertz CT molecular complexity index is 434. The molecule has 5 nitrogen and oxygen atoms in total. The number of aromatic nitrogens is 2. The van der Waals surface area contributed by atoms with Gasteiger partial charge in [0.05, 0.1) is 18.3 Å². The molecule has 2 aliphatic rings. The zero-order chi connectivity index (χ0) is 14.5. The van der Waals surface area contributed by atoms with Crippen molar-refractivity contribution >= 4 is 11.8 Å². The highest BCUT2D eigenvalue weighted by Crippen LogP contribution is 2.30. The van der Waals surface area contributed by atoms with E-state index in [2.05, 4.69) is 15.5 Å². The van der Waals surface area contributed by atoms with Gasteiger partial charge in [-0.05, 0) is 26.3 Å². The molecule has 0 spiro atoms. The maximum Gasteiger partial charge on any atom is 0.233 e. The molecule has 0 bridgehead atoms. The summed E-state index contributed by atoms with van der Waals surface area (Å²) in [5, 5.41) is 8.27. The van der Waals surface area contributed by atoms with E-state index in [4.69, 9.17) is 9.26 Å². The number of likely N-dealkylation sites (N-methyl/N-ethyl adjacent to an activating group) is 1. The number of rotatable bonds is 5. The number of ether oxygens (including phenoxy) is 1. The molecule has 2 heterocycles. The third-order valence-corrected chi connectivity index (χ3v) is 5.90. The van der Waals surface area contributed by atoms with Gasteiger partial charge in [-0.15, -0.1) is 0 Å². The zero-order valence-electron chi connectivity index (χ0n) is 12.7. The largest absolute Gasteiger partial charge is 0.381 e. The molecule has 1 aliphatic carbocycles. The molecular weight excluding hydrogens is 286 g/mol. The van der Waals surface area contributed by atoms with Crippen molar-refractivity contribution in [3.63, 3.8) is 0 Å². The first kappa shape index (κ1) is 15.3. The van der Waals surface area contributed by atoms with E-state index >= 15 is 0 Å². The monoisotopic (exact) mass is 311 g/mol. The van der Waals surface area contributed by atoms with Gasteiger partial charge in [-0.3, -0.25) is 0 Å². The summed E-state index contributed by atoms with van der Waals surface area (Å²) >= 11 is 1.99. The lowest BCUT2D eigenvalue weighted by Gasteiger charge is -2.28. The van der Waals surface area contributed by atoms with Gasteiger partial charge in [0, 0.05) is 17.9 Å². The molecule has 2 fully saturated rings. The fraction of sp³-hybridized carbons (Fsp3) is 0.867. The van der Waals surface area contributed by atoms with E-state index in [-0.39, 0.29) is 5.92 Å². The summed E-state index contributed by atoms with van der Waals surface area (Å²) in [5.41, 5.74) is 0.